The zero-order chi connectivity index (χ0) is 28.6. The maximum Gasteiger partial charge on any atom is 0.309 e. The minimum Gasteiger partial charge on any atom is -0.450 e. The summed E-state index contributed by atoms with van der Waals surface area (Å²) in [5.74, 6) is 0.448. The van der Waals surface area contributed by atoms with E-state index in [9.17, 15) is 19.5 Å². The number of rotatable bonds is 6. The second kappa shape index (κ2) is 10.0. The van der Waals surface area contributed by atoms with E-state index >= 15 is 0 Å². The van der Waals surface area contributed by atoms with E-state index in [1.165, 1.54) is 17.3 Å². The lowest BCUT2D eigenvalue weighted by molar-refractivity contribution is -0.204. The highest BCUT2D eigenvalue weighted by molar-refractivity contribution is 8.01. The van der Waals surface area contributed by atoms with Crippen LogP contribution in [0.4, 0.5) is 0 Å². The molecule has 0 aliphatic heterocycles. The molecule has 0 bridgehead atoms. The first-order valence-corrected chi connectivity index (χ1v) is 17.1. The van der Waals surface area contributed by atoms with Crippen molar-refractivity contribution in [3.63, 3.8) is 0 Å². The lowest BCUT2D eigenvalue weighted by Crippen LogP contribution is -2.63. The van der Waals surface area contributed by atoms with Gasteiger partial charge in [0.05, 0.1) is 28.0 Å². The Hall–Kier alpha value is -2.03. The molecule has 0 spiro atoms. The highest BCUT2D eigenvalue weighted by Crippen LogP contribution is 2.68. The van der Waals surface area contributed by atoms with E-state index in [1.54, 1.807) is 11.3 Å². The van der Waals surface area contributed by atoms with E-state index in [4.69, 9.17) is 9.72 Å². The van der Waals surface area contributed by atoms with Gasteiger partial charge in [0.1, 0.15) is 0 Å². The maximum absolute atomic E-state index is 14.4. The number of thiazole rings is 1. The number of esters is 1. The van der Waals surface area contributed by atoms with Gasteiger partial charge >= 0.3 is 5.97 Å². The Morgan fingerprint density at radius 3 is 2.68 bits per heavy atom. The van der Waals surface area contributed by atoms with E-state index in [-0.39, 0.29) is 52.4 Å². The number of hydrogen-bond acceptors (Lipinski definition) is 8. The van der Waals surface area contributed by atoms with Gasteiger partial charge in [0.2, 0.25) is 0 Å². The van der Waals surface area contributed by atoms with Crippen molar-refractivity contribution >= 4 is 50.9 Å². The van der Waals surface area contributed by atoms with E-state index in [0.717, 1.165) is 59.5 Å². The molecule has 5 unspecified atom stereocenters. The minimum absolute atomic E-state index is 0.0454. The monoisotopic (exact) mass is 593 g/mol. The van der Waals surface area contributed by atoms with E-state index in [2.05, 4.69) is 13.8 Å². The number of ether oxygens (including phenoxy) is 1. The smallest absolute Gasteiger partial charge is 0.309 e. The number of para-hydroxylation sites is 1. The van der Waals surface area contributed by atoms with Gasteiger partial charge in [0.15, 0.2) is 21.5 Å². The maximum atomic E-state index is 14.4. The number of hydrogen-bond donors (Lipinski definition) is 1. The average Bonchev–Trinajstić information content (AvgIpc) is 3.45. The average molecular weight is 594 g/mol. The number of carbonyl (C=O) groups is 3. The Morgan fingerprint density at radius 2 is 1.93 bits per heavy atom. The van der Waals surface area contributed by atoms with E-state index in [1.807, 2.05) is 30.3 Å². The molecule has 0 saturated heterocycles. The largest absolute Gasteiger partial charge is 0.450 e. The van der Waals surface area contributed by atoms with Crippen molar-refractivity contribution in [3.8, 4) is 0 Å². The molecule has 4 saturated carbocycles. The first-order valence-electron chi connectivity index (χ1n) is 15.3. The van der Waals surface area contributed by atoms with Gasteiger partial charge in [-0.3, -0.25) is 14.4 Å². The van der Waals surface area contributed by atoms with Crippen molar-refractivity contribution in [2.24, 2.45) is 34.5 Å². The van der Waals surface area contributed by atoms with Gasteiger partial charge in [-0.1, -0.05) is 49.7 Å². The van der Waals surface area contributed by atoms with Crippen LogP contribution in [-0.4, -0.2) is 45.1 Å². The van der Waals surface area contributed by atoms with Gasteiger partial charge in [-0.05, 0) is 92.7 Å². The molecule has 0 radical (unpaired) electrons. The topological polar surface area (TPSA) is 93.6 Å². The summed E-state index contributed by atoms with van der Waals surface area (Å²) < 4.78 is 8.40. The summed E-state index contributed by atoms with van der Waals surface area (Å²) in [5, 5.41) is 11.9. The van der Waals surface area contributed by atoms with Crippen molar-refractivity contribution < 1.29 is 24.2 Å². The molecule has 218 valence electrons. The summed E-state index contributed by atoms with van der Waals surface area (Å²) in [5.41, 5.74) is 0.0518. The molecule has 2 aromatic rings. The zero-order valence-corrected chi connectivity index (χ0v) is 25.5. The first-order chi connectivity index (χ1) is 19.6. The van der Waals surface area contributed by atoms with Crippen LogP contribution < -0.4 is 0 Å². The molecule has 5 aliphatic carbocycles. The molecule has 0 amide bonds. The van der Waals surface area contributed by atoms with Crippen LogP contribution in [0.2, 0.25) is 0 Å². The van der Waals surface area contributed by atoms with Crippen LogP contribution >= 0.6 is 23.1 Å². The highest BCUT2D eigenvalue weighted by Gasteiger charge is 2.70. The summed E-state index contributed by atoms with van der Waals surface area (Å²) in [4.78, 5) is 44.8. The van der Waals surface area contributed by atoms with Crippen LogP contribution in [0.3, 0.4) is 0 Å². The Kier molecular flexibility index (Phi) is 6.79. The fraction of sp³-hybridized carbons (Fsp3) is 0.636. The second-order valence-electron chi connectivity index (χ2n) is 13.7. The van der Waals surface area contributed by atoms with Crippen molar-refractivity contribution in [1.82, 2.24) is 4.98 Å². The van der Waals surface area contributed by atoms with E-state index < -0.39 is 17.1 Å². The second-order valence-corrected chi connectivity index (χ2v) is 15.9. The zero-order valence-electron chi connectivity index (χ0n) is 23.9. The Labute approximate surface area is 249 Å². The third-order valence-electron chi connectivity index (χ3n) is 11.8. The summed E-state index contributed by atoms with van der Waals surface area (Å²) >= 11 is 3.02. The molecule has 6 nitrogen and oxygen atoms in total. The summed E-state index contributed by atoms with van der Waals surface area (Å²) in [6.45, 7) is 4.36. The lowest BCUT2D eigenvalue weighted by atomic mass is 9.45. The van der Waals surface area contributed by atoms with Crippen LogP contribution in [0, 0.1) is 34.5 Å². The number of allylic oxidation sites excluding steroid dienone is 1. The number of Topliss-reactive ketones (excluding diaryl/α,β-unsaturated/α-hetero) is 1. The Morgan fingerprint density at radius 1 is 1.12 bits per heavy atom. The molecule has 1 heterocycles. The molecule has 7 rings (SSSR count). The molecular formula is C33H39NO5S2. The van der Waals surface area contributed by atoms with Gasteiger partial charge in [-0.25, -0.2) is 4.98 Å². The normalized spacial score (nSPS) is 38.4. The fourth-order valence-electron chi connectivity index (χ4n) is 9.41. The number of fused-ring (bicyclic) bond motifs is 6. The number of benzene rings is 1. The van der Waals surface area contributed by atoms with Crippen LogP contribution in [-0.2, 0) is 19.1 Å². The molecule has 7 atom stereocenters. The number of aliphatic hydroxyl groups is 1. The molecule has 1 N–H and O–H groups in total. The van der Waals surface area contributed by atoms with Gasteiger partial charge in [0.25, 0.3) is 0 Å². The summed E-state index contributed by atoms with van der Waals surface area (Å²) in [6, 6.07) is 7.98. The molecule has 4 fully saturated rings. The summed E-state index contributed by atoms with van der Waals surface area (Å²) in [7, 11) is 0. The minimum atomic E-state index is -1.24. The van der Waals surface area contributed by atoms with Crippen molar-refractivity contribution in [3.05, 3.63) is 35.9 Å². The first kappa shape index (κ1) is 27.8. The van der Waals surface area contributed by atoms with Gasteiger partial charge in [0, 0.05) is 11.8 Å². The predicted octanol–water partition coefficient (Wildman–Crippen LogP) is 6.54. The quantitative estimate of drug-likeness (QED) is 0.300. The van der Waals surface area contributed by atoms with Crippen molar-refractivity contribution in [1.29, 1.82) is 0 Å². The molecule has 41 heavy (non-hydrogen) atoms. The van der Waals surface area contributed by atoms with Crippen LogP contribution in [0.1, 0.15) is 78.1 Å². The highest BCUT2D eigenvalue weighted by atomic mass is 32.2. The van der Waals surface area contributed by atoms with Gasteiger partial charge in [-0.15, -0.1) is 11.3 Å². The number of aliphatic hydroxyl groups excluding tert-OH is 1. The van der Waals surface area contributed by atoms with Crippen LogP contribution in [0.25, 0.3) is 10.2 Å². The van der Waals surface area contributed by atoms with Crippen LogP contribution in [0.5, 0.6) is 0 Å². The Bertz CT molecular complexity index is 1410. The third kappa shape index (κ3) is 4.21. The van der Waals surface area contributed by atoms with Gasteiger partial charge in [-0.2, -0.15) is 0 Å². The number of ketones is 2. The predicted molar refractivity (Wildman–Crippen MR) is 160 cm³/mol. The molecular weight excluding hydrogens is 554 g/mol. The fourth-order valence-corrected chi connectivity index (χ4v) is 11.4. The molecule has 1 aromatic heterocycles. The van der Waals surface area contributed by atoms with Gasteiger partial charge < -0.3 is 9.84 Å². The lowest BCUT2D eigenvalue weighted by Gasteiger charge is -2.60. The van der Waals surface area contributed by atoms with Crippen molar-refractivity contribution in [2.75, 3.05) is 5.75 Å². The third-order valence-corrected chi connectivity index (χ3v) is 14.0. The number of aromatic nitrogens is 1. The molecule has 1 aromatic carbocycles. The van der Waals surface area contributed by atoms with Crippen LogP contribution in [0.15, 0.2) is 40.3 Å². The number of nitrogens with zero attached hydrogens (tertiary/aromatic N) is 1. The number of carbonyl (C=O) groups excluding carboxylic acids is 3. The number of thioether (sulfide) groups is 1. The summed E-state index contributed by atoms with van der Waals surface area (Å²) in [6.07, 6.45) is 8.73. The SMILES string of the molecule is CC12CCC(=O)C=C1CCC1C2[C@@H](O)CC2(C)C1CC[C@]2(OC(=O)C1CCC1)C(=O)CSc1nc2ccccc2s1. The standard InChI is InChI=1S/C33H39NO5S2/c1-31-14-12-21(35)16-20(31)10-11-22-23-13-15-33(39-29(38)19-6-5-7-19,32(23,2)17-25(36)28(22)31)27(37)18-40-30-34-24-8-3-4-9-26(24)41-30/h3-4,8-9,16,19,22-23,25,28,36H,5-7,10-15,17-18H2,1-2H3/t22?,23?,25-,28?,31?,32?,33-/m0/s1. The molecule has 8 heteroatoms. The van der Waals surface area contributed by atoms with E-state index in [0.29, 0.717) is 19.3 Å². The Balaban J connectivity index is 1.21. The van der Waals surface area contributed by atoms with Crippen molar-refractivity contribution in [2.45, 2.75) is 94.1 Å². The molecule has 5 aliphatic rings.